The monoisotopic (exact) mass is 409 g/mol. The van der Waals surface area contributed by atoms with E-state index in [2.05, 4.69) is 38.3 Å². The Labute approximate surface area is 162 Å². The number of nitriles is 1. The molecule has 132 valence electrons. The first-order valence-corrected chi connectivity index (χ1v) is 9.49. The van der Waals surface area contributed by atoms with Gasteiger partial charge in [-0.05, 0) is 61.2 Å². The fourth-order valence-electron chi connectivity index (χ4n) is 3.01. The van der Waals surface area contributed by atoms with Gasteiger partial charge in [-0.1, -0.05) is 34.1 Å². The van der Waals surface area contributed by atoms with Gasteiger partial charge in [0.1, 0.15) is 11.6 Å². The lowest BCUT2D eigenvalue weighted by Crippen LogP contribution is -2.29. The van der Waals surface area contributed by atoms with Gasteiger partial charge in [0.15, 0.2) is 0 Å². The smallest absolute Gasteiger partial charge is 0.266 e. The Hall–Kier alpha value is -2.58. The number of anilines is 2. The molecule has 4 nitrogen and oxygen atoms in total. The van der Waals surface area contributed by atoms with Gasteiger partial charge in [0.25, 0.3) is 5.91 Å². The van der Waals surface area contributed by atoms with Crippen molar-refractivity contribution in [3.8, 4) is 6.07 Å². The number of carbonyl (C=O) groups is 1. The van der Waals surface area contributed by atoms with E-state index >= 15 is 0 Å². The molecule has 26 heavy (non-hydrogen) atoms. The molecule has 1 amide bonds. The molecular weight excluding hydrogens is 390 g/mol. The van der Waals surface area contributed by atoms with Gasteiger partial charge in [0, 0.05) is 28.9 Å². The average Bonchev–Trinajstić information content (AvgIpc) is 2.67. The van der Waals surface area contributed by atoms with Crippen molar-refractivity contribution in [2.75, 3.05) is 23.3 Å². The first-order valence-electron chi connectivity index (χ1n) is 8.69. The lowest BCUT2D eigenvalue weighted by Gasteiger charge is -2.28. The minimum absolute atomic E-state index is 0.0794. The second-order valence-electron chi connectivity index (χ2n) is 6.27. The molecule has 0 radical (unpaired) electrons. The summed E-state index contributed by atoms with van der Waals surface area (Å²) >= 11 is 3.36. The van der Waals surface area contributed by atoms with Crippen LogP contribution >= 0.6 is 15.9 Å². The van der Waals surface area contributed by atoms with Crippen LogP contribution in [0.15, 0.2) is 58.6 Å². The highest BCUT2D eigenvalue weighted by Crippen LogP contribution is 2.21. The quantitative estimate of drug-likeness (QED) is 0.571. The van der Waals surface area contributed by atoms with Crippen molar-refractivity contribution in [1.29, 1.82) is 5.26 Å². The molecule has 2 aromatic rings. The number of rotatable bonds is 4. The Morgan fingerprint density at radius 3 is 2.50 bits per heavy atom. The summed E-state index contributed by atoms with van der Waals surface area (Å²) < 4.78 is 0.867. The molecule has 0 spiro atoms. The van der Waals surface area contributed by atoms with E-state index in [1.54, 1.807) is 18.2 Å². The van der Waals surface area contributed by atoms with E-state index in [0.717, 1.165) is 23.1 Å². The summed E-state index contributed by atoms with van der Waals surface area (Å²) in [6.07, 6.45) is 5.38. The molecule has 0 unspecified atom stereocenters. The van der Waals surface area contributed by atoms with E-state index in [1.807, 2.05) is 30.3 Å². The maximum Gasteiger partial charge on any atom is 0.266 e. The second-order valence-corrected chi connectivity index (χ2v) is 7.19. The van der Waals surface area contributed by atoms with Crippen LogP contribution in [-0.2, 0) is 4.79 Å². The molecule has 1 saturated heterocycles. The highest BCUT2D eigenvalue weighted by Gasteiger charge is 2.12. The molecule has 0 aromatic heterocycles. The van der Waals surface area contributed by atoms with Gasteiger partial charge in [-0.15, -0.1) is 0 Å². The van der Waals surface area contributed by atoms with Crippen molar-refractivity contribution < 1.29 is 4.79 Å². The third kappa shape index (κ3) is 4.74. The summed E-state index contributed by atoms with van der Waals surface area (Å²) in [6, 6.07) is 17.3. The van der Waals surface area contributed by atoms with Crippen LogP contribution in [0.3, 0.4) is 0 Å². The van der Waals surface area contributed by atoms with Crippen molar-refractivity contribution in [3.05, 3.63) is 64.1 Å². The minimum Gasteiger partial charge on any atom is -0.372 e. The Balaban J connectivity index is 1.71. The first kappa shape index (κ1) is 18.2. The van der Waals surface area contributed by atoms with Gasteiger partial charge in [0.05, 0.1) is 0 Å². The van der Waals surface area contributed by atoms with E-state index in [9.17, 15) is 10.1 Å². The third-order valence-corrected chi connectivity index (χ3v) is 4.87. The Bertz CT molecular complexity index is 846. The number of halogens is 1. The van der Waals surface area contributed by atoms with Crippen molar-refractivity contribution in [2.24, 2.45) is 0 Å². The van der Waals surface area contributed by atoms with Gasteiger partial charge in [-0.2, -0.15) is 5.26 Å². The van der Waals surface area contributed by atoms with Gasteiger partial charge in [-0.25, -0.2) is 0 Å². The number of nitrogens with zero attached hydrogens (tertiary/aromatic N) is 2. The fraction of sp³-hybridized carbons (Fsp3) is 0.238. The molecule has 1 heterocycles. The average molecular weight is 410 g/mol. The van der Waals surface area contributed by atoms with Crippen molar-refractivity contribution in [2.45, 2.75) is 19.3 Å². The highest BCUT2D eigenvalue weighted by atomic mass is 79.9. The Morgan fingerprint density at radius 1 is 1.12 bits per heavy atom. The van der Waals surface area contributed by atoms with E-state index in [4.69, 9.17) is 0 Å². The van der Waals surface area contributed by atoms with Crippen LogP contribution in [0, 0.1) is 11.3 Å². The predicted molar refractivity (Wildman–Crippen MR) is 109 cm³/mol. The Kier molecular flexibility index (Phi) is 6.08. The molecule has 3 rings (SSSR count). The fourth-order valence-corrected chi connectivity index (χ4v) is 3.41. The normalized spacial score (nSPS) is 14.6. The van der Waals surface area contributed by atoms with Crippen molar-refractivity contribution in [1.82, 2.24) is 0 Å². The van der Waals surface area contributed by atoms with Gasteiger partial charge in [-0.3, -0.25) is 4.79 Å². The van der Waals surface area contributed by atoms with Gasteiger partial charge < -0.3 is 10.2 Å². The SMILES string of the molecule is N#C/C(=C/c1ccc(N2CCCCC2)cc1)C(=O)Nc1cccc(Br)c1. The third-order valence-electron chi connectivity index (χ3n) is 4.37. The summed E-state index contributed by atoms with van der Waals surface area (Å²) in [6.45, 7) is 2.18. The zero-order valence-corrected chi connectivity index (χ0v) is 16.0. The van der Waals surface area contributed by atoms with Gasteiger partial charge >= 0.3 is 0 Å². The van der Waals surface area contributed by atoms with Crippen LogP contribution in [0.1, 0.15) is 24.8 Å². The number of piperidine rings is 1. The number of nitrogens with one attached hydrogen (secondary N) is 1. The standard InChI is InChI=1S/C21H20BrN3O/c22-18-5-4-6-19(14-18)24-21(26)17(15-23)13-16-7-9-20(10-8-16)25-11-2-1-3-12-25/h4-10,13-14H,1-3,11-12H2,(H,24,26)/b17-13-. The van der Waals surface area contributed by atoms with Crippen LogP contribution in [0.5, 0.6) is 0 Å². The summed E-state index contributed by atoms with van der Waals surface area (Å²) in [4.78, 5) is 14.7. The van der Waals surface area contributed by atoms with E-state index in [0.29, 0.717) is 5.69 Å². The maximum absolute atomic E-state index is 12.3. The second kappa shape index (κ2) is 8.68. The largest absolute Gasteiger partial charge is 0.372 e. The molecule has 5 heteroatoms. The maximum atomic E-state index is 12.3. The van der Waals surface area contributed by atoms with E-state index < -0.39 is 5.91 Å². The number of amides is 1. The van der Waals surface area contributed by atoms with Crippen LogP contribution in [0.2, 0.25) is 0 Å². The molecule has 0 aliphatic carbocycles. The van der Waals surface area contributed by atoms with Crippen LogP contribution in [-0.4, -0.2) is 19.0 Å². The molecule has 1 aliphatic rings. The number of hydrogen-bond acceptors (Lipinski definition) is 3. The molecule has 2 aromatic carbocycles. The molecule has 1 aliphatic heterocycles. The van der Waals surface area contributed by atoms with E-state index in [-0.39, 0.29) is 5.57 Å². The summed E-state index contributed by atoms with van der Waals surface area (Å²) in [5.41, 5.74) is 2.76. The number of hydrogen-bond donors (Lipinski definition) is 1. The lowest BCUT2D eigenvalue weighted by atomic mass is 10.1. The Morgan fingerprint density at radius 2 is 1.85 bits per heavy atom. The van der Waals surface area contributed by atoms with E-state index in [1.165, 1.54) is 24.9 Å². The molecule has 0 bridgehead atoms. The molecule has 0 atom stereocenters. The number of carbonyl (C=O) groups excluding carboxylic acids is 1. The lowest BCUT2D eigenvalue weighted by molar-refractivity contribution is -0.112. The summed E-state index contributed by atoms with van der Waals surface area (Å²) in [7, 11) is 0. The zero-order chi connectivity index (χ0) is 18.4. The van der Waals surface area contributed by atoms with Crippen molar-refractivity contribution in [3.63, 3.8) is 0 Å². The molecule has 1 fully saturated rings. The minimum atomic E-state index is -0.411. The molecule has 1 N–H and O–H groups in total. The molecule has 0 saturated carbocycles. The number of benzene rings is 2. The zero-order valence-electron chi connectivity index (χ0n) is 14.4. The van der Waals surface area contributed by atoms with Crippen molar-refractivity contribution >= 4 is 39.3 Å². The predicted octanol–water partition coefficient (Wildman–Crippen LogP) is 4.99. The summed E-state index contributed by atoms with van der Waals surface area (Å²) in [5, 5.41) is 12.1. The highest BCUT2D eigenvalue weighted by molar-refractivity contribution is 9.10. The van der Waals surface area contributed by atoms with Crippen LogP contribution < -0.4 is 10.2 Å². The molecular formula is C21H20BrN3O. The topological polar surface area (TPSA) is 56.1 Å². The van der Waals surface area contributed by atoms with Crippen LogP contribution in [0.4, 0.5) is 11.4 Å². The summed E-state index contributed by atoms with van der Waals surface area (Å²) in [5.74, 6) is -0.411. The van der Waals surface area contributed by atoms with Crippen LogP contribution in [0.25, 0.3) is 6.08 Å². The first-order chi connectivity index (χ1) is 12.7. The van der Waals surface area contributed by atoms with Gasteiger partial charge in [0.2, 0.25) is 0 Å².